The molecule has 0 fully saturated rings. The molecule has 0 aliphatic carbocycles. The fourth-order valence-electron chi connectivity index (χ4n) is 2.68. The smallest absolute Gasteiger partial charge is 0.319 e. The summed E-state index contributed by atoms with van der Waals surface area (Å²) in [4.78, 5) is 12.1. The van der Waals surface area contributed by atoms with Gasteiger partial charge in [0.25, 0.3) is 0 Å². The number of rotatable bonds is 5. The zero-order valence-electron chi connectivity index (χ0n) is 14.7. The van der Waals surface area contributed by atoms with Crippen molar-refractivity contribution in [1.29, 1.82) is 0 Å². The Morgan fingerprint density at radius 3 is 2.68 bits per heavy atom. The maximum atomic E-state index is 12.1. The number of urea groups is 1. The van der Waals surface area contributed by atoms with Gasteiger partial charge in [-0.25, -0.2) is 9.48 Å². The third kappa shape index (κ3) is 4.26. The van der Waals surface area contributed by atoms with Gasteiger partial charge >= 0.3 is 6.03 Å². The minimum atomic E-state index is -0.235. The second-order valence-corrected chi connectivity index (χ2v) is 6.00. The summed E-state index contributed by atoms with van der Waals surface area (Å²) in [6.07, 6.45) is 2.58. The number of amides is 2. The van der Waals surface area contributed by atoms with Crippen LogP contribution in [-0.4, -0.2) is 32.1 Å². The summed E-state index contributed by atoms with van der Waals surface area (Å²) in [7, 11) is 1.87. The first-order valence-electron chi connectivity index (χ1n) is 8.18. The molecule has 0 spiro atoms. The van der Waals surface area contributed by atoms with Gasteiger partial charge in [-0.1, -0.05) is 6.07 Å². The number of carbonyl (C=O) groups is 1. The highest BCUT2D eigenvalue weighted by atomic mass is 16.2. The predicted octanol–water partition coefficient (Wildman–Crippen LogP) is 2.59. The van der Waals surface area contributed by atoms with Crippen molar-refractivity contribution in [3.05, 3.63) is 59.7 Å². The number of nitrogens with one attached hydrogen (secondary N) is 2. The van der Waals surface area contributed by atoms with Crippen molar-refractivity contribution < 1.29 is 4.79 Å². The fourth-order valence-corrected chi connectivity index (χ4v) is 2.68. The molecule has 0 atom stereocenters. The van der Waals surface area contributed by atoms with E-state index in [0.29, 0.717) is 13.0 Å². The number of hydrogen-bond donors (Lipinski definition) is 2. The van der Waals surface area contributed by atoms with Gasteiger partial charge in [-0.2, -0.15) is 10.2 Å². The van der Waals surface area contributed by atoms with Crippen LogP contribution in [0.2, 0.25) is 0 Å². The lowest BCUT2D eigenvalue weighted by Crippen LogP contribution is -2.30. The van der Waals surface area contributed by atoms with E-state index in [0.717, 1.165) is 28.5 Å². The number of aromatic nitrogens is 4. The summed E-state index contributed by atoms with van der Waals surface area (Å²) in [5.74, 6) is 0. The molecule has 0 radical (unpaired) electrons. The van der Waals surface area contributed by atoms with E-state index in [9.17, 15) is 4.79 Å². The van der Waals surface area contributed by atoms with Gasteiger partial charge in [0.15, 0.2) is 0 Å². The molecule has 25 heavy (non-hydrogen) atoms. The fraction of sp³-hybridized carbons (Fsp3) is 0.278. The van der Waals surface area contributed by atoms with Crippen LogP contribution in [0.1, 0.15) is 17.1 Å². The second-order valence-electron chi connectivity index (χ2n) is 6.00. The molecule has 130 valence electrons. The van der Waals surface area contributed by atoms with Crippen molar-refractivity contribution in [3.63, 3.8) is 0 Å². The lowest BCUT2D eigenvalue weighted by Gasteiger charge is -2.09. The Labute approximate surface area is 146 Å². The first-order valence-corrected chi connectivity index (χ1v) is 8.18. The van der Waals surface area contributed by atoms with Crippen molar-refractivity contribution in [2.45, 2.75) is 20.3 Å². The SMILES string of the molecule is Cc1cc(C)n(-c2cccc(NC(=O)NCCc3ccn(C)n3)c2)n1. The quantitative estimate of drug-likeness (QED) is 0.751. The molecule has 0 bridgehead atoms. The topological polar surface area (TPSA) is 76.8 Å². The lowest BCUT2D eigenvalue weighted by molar-refractivity contribution is 0.252. The van der Waals surface area contributed by atoms with E-state index in [-0.39, 0.29) is 6.03 Å². The standard InChI is InChI=1S/C18H22N6O/c1-13-11-14(2)24(21-13)17-6-4-5-16(12-17)20-18(25)19-9-7-15-8-10-23(3)22-15/h4-6,8,10-12H,7,9H2,1-3H3,(H2,19,20,25). The van der Waals surface area contributed by atoms with Crippen molar-refractivity contribution in [3.8, 4) is 5.69 Å². The van der Waals surface area contributed by atoms with Gasteiger partial charge in [0.05, 0.1) is 17.1 Å². The van der Waals surface area contributed by atoms with E-state index in [4.69, 9.17) is 0 Å². The summed E-state index contributed by atoms with van der Waals surface area (Å²) in [5, 5.41) is 14.4. The van der Waals surface area contributed by atoms with Crippen LogP contribution in [0.4, 0.5) is 10.5 Å². The molecular formula is C18H22N6O. The molecule has 3 rings (SSSR count). The number of benzene rings is 1. The highest BCUT2D eigenvalue weighted by Gasteiger charge is 2.06. The molecule has 7 heteroatoms. The number of nitrogens with zero attached hydrogens (tertiary/aromatic N) is 4. The molecule has 2 heterocycles. The molecule has 2 amide bonds. The molecule has 0 aliphatic rings. The van der Waals surface area contributed by atoms with Gasteiger partial charge in [-0.3, -0.25) is 4.68 Å². The van der Waals surface area contributed by atoms with Crippen molar-refractivity contribution in [2.75, 3.05) is 11.9 Å². The molecule has 0 saturated heterocycles. The Kier molecular flexibility index (Phi) is 4.83. The average molecular weight is 338 g/mol. The highest BCUT2D eigenvalue weighted by Crippen LogP contribution is 2.16. The van der Waals surface area contributed by atoms with E-state index in [2.05, 4.69) is 20.8 Å². The Hall–Kier alpha value is -3.09. The minimum absolute atomic E-state index is 0.235. The van der Waals surface area contributed by atoms with E-state index in [1.807, 2.05) is 68.2 Å². The monoisotopic (exact) mass is 338 g/mol. The maximum Gasteiger partial charge on any atom is 0.319 e. The van der Waals surface area contributed by atoms with Crippen molar-refractivity contribution in [1.82, 2.24) is 24.9 Å². The zero-order valence-corrected chi connectivity index (χ0v) is 14.7. The van der Waals surface area contributed by atoms with Crippen LogP contribution in [-0.2, 0) is 13.5 Å². The molecule has 7 nitrogen and oxygen atoms in total. The van der Waals surface area contributed by atoms with E-state index in [1.54, 1.807) is 4.68 Å². The number of hydrogen-bond acceptors (Lipinski definition) is 3. The van der Waals surface area contributed by atoms with Crippen LogP contribution >= 0.6 is 0 Å². The zero-order chi connectivity index (χ0) is 17.8. The summed E-state index contributed by atoms with van der Waals surface area (Å²) in [6, 6.07) is 11.3. The van der Waals surface area contributed by atoms with Crippen LogP contribution in [0.25, 0.3) is 5.69 Å². The van der Waals surface area contributed by atoms with E-state index < -0.39 is 0 Å². The normalized spacial score (nSPS) is 10.7. The van der Waals surface area contributed by atoms with Crippen molar-refractivity contribution >= 4 is 11.7 Å². The first-order chi connectivity index (χ1) is 12.0. The summed E-state index contributed by atoms with van der Waals surface area (Å²) in [5.41, 5.74) is 4.60. The van der Waals surface area contributed by atoms with E-state index >= 15 is 0 Å². The average Bonchev–Trinajstić information content (AvgIpc) is 3.12. The third-order valence-electron chi connectivity index (χ3n) is 3.79. The number of anilines is 1. The van der Waals surface area contributed by atoms with Crippen LogP contribution < -0.4 is 10.6 Å². The highest BCUT2D eigenvalue weighted by molar-refractivity contribution is 5.89. The molecule has 3 aromatic rings. The largest absolute Gasteiger partial charge is 0.337 e. The van der Waals surface area contributed by atoms with Gasteiger partial charge in [0.2, 0.25) is 0 Å². The number of aryl methyl sites for hydroxylation is 3. The van der Waals surface area contributed by atoms with Crippen LogP contribution in [0.3, 0.4) is 0 Å². The Morgan fingerprint density at radius 2 is 2.00 bits per heavy atom. The van der Waals surface area contributed by atoms with Crippen LogP contribution in [0.15, 0.2) is 42.6 Å². The summed E-state index contributed by atoms with van der Waals surface area (Å²) < 4.78 is 3.61. The lowest BCUT2D eigenvalue weighted by atomic mass is 10.2. The van der Waals surface area contributed by atoms with Crippen LogP contribution in [0, 0.1) is 13.8 Å². The van der Waals surface area contributed by atoms with Gasteiger partial charge in [-0.15, -0.1) is 0 Å². The maximum absolute atomic E-state index is 12.1. The molecular weight excluding hydrogens is 316 g/mol. The molecule has 0 unspecified atom stereocenters. The molecule has 2 aromatic heterocycles. The summed E-state index contributed by atoms with van der Waals surface area (Å²) in [6.45, 7) is 4.49. The van der Waals surface area contributed by atoms with Crippen molar-refractivity contribution in [2.24, 2.45) is 7.05 Å². The molecule has 0 aliphatic heterocycles. The predicted molar refractivity (Wildman–Crippen MR) is 97.0 cm³/mol. The Balaban J connectivity index is 1.58. The number of carbonyl (C=O) groups excluding carboxylic acids is 1. The third-order valence-corrected chi connectivity index (χ3v) is 3.79. The van der Waals surface area contributed by atoms with E-state index in [1.165, 1.54) is 0 Å². The van der Waals surface area contributed by atoms with Gasteiger partial charge in [-0.05, 0) is 44.2 Å². The molecule has 1 aromatic carbocycles. The van der Waals surface area contributed by atoms with Crippen LogP contribution in [0.5, 0.6) is 0 Å². The Bertz CT molecular complexity index is 879. The first kappa shape index (κ1) is 16.8. The Morgan fingerprint density at radius 1 is 1.16 bits per heavy atom. The second kappa shape index (κ2) is 7.21. The van der Waals surface area contributed by atoms with Gasteiger partial charge in [0.1, 0.15) is 0 Å². The summed E-state index contributed by atoms with van der Waals surface area (Å²) >= 11 is 0. The molecule has 2 N–H and O–H groups in total. The minimum Gasteiger partial charge on any atom is -0.337 e. The van der Waals surface area contributed by atoms with Gasteiger partial charge in [0, 0.05) is 37.6 Å². The van der Waals surface area contributed by atoms with Gasteiger partial charge < -0.3 is 10.6 Å². The molecule has 0 saturated carbocycles.